The molecule has 3 heterocycles. The number of nitrogens with zero attached hydrogens (tertiary/aromatic N) is 4. The van der Waals surface area contributed by atoms with Gasteiger partial charge in [0.15, 0.2) is 5.96 Å². The normalized spacial score (nSPS) is 15.7. The van der Waals surface area contributed by atoms with E-state index in [0.29, 0.717) is 6.04 Å². The largest absolute Gasteiger partial charge is 0.357 e. The van der Waals surface area contributed by atoms with Gasteiger partial charge in [0.25, 0.3) is 0 Å². The summed E-state index contributed by atoms with van der Waals surface area (Å²) in [5.41, 5.74) is 2.35. The van der Waals surface area contributed by atoms with Crippen LogP contribution in [0.3, 0.4) is 0 Å². The minimum Gasteiger partial charge on any atom is -0.357 e. The van der Waals surface area contributed by atoms with Crippen molar-refractivity contribution < 1.29 is 0 Å². The highest BCUT2D eigenvalue weighted by atomic mass is 32.1. The van der Waals surface area contributed by atoms with Gasteiger partial charge in [0.2, 0.25) is 0 Å². The third kappa shape index (κ3) is 5.67. The highest BCUT2D eigenvalue weighted by Crippen LogP contribution is 2.19. The van der Waals surface area contributed by atoms with Gasteiger partial charge in [0.05, 0.1) is 10.7 Å². The summed E-state index contributed by atoms with van der Waals surface area (Å²) in [5, 5.41) is 8.15. The van der Waals surface area contributed by atoms with E-state index in [-0.39, 0.29) is 0 Å². The summed E-state index contributed by atoms with van der Waals surface area (Å²) in [7, 11) is 0. The summed E-state index contributed by atoms with van der Waals surface area (Å²) in [4.78, 5) is 17.6. The van der Waals surface area contributed by atoms with Crippen LogP contribution in [0, 0.1) is 20.8 Å². The fraction of sp³-hybridized carbons (Fsp3) is 0.571. The topological polar surface area (TPSA) is 65.4 Å². The number of rotatable bonds is 6. The number of aryl methyl sites for hydroxylation is 3. The number of aromatic nitrogens is 2. The molecule has 0 amide bonds. The Morgan fingerprint density at radius 3 is 2.64 bits per heavy atom. The van der Waals surface area contributed by atoms with Crippen LogP contribution in [0.5, 0.6) is 0 Å². The van der Waals surface area contributed by atoms with Crippen molar-refractivity contribution >= 4 is 23.1 Å². The smallest absolute Gasteiger partial charge is 0.191 e. The summed E-state index contributed by atoms with van der Waals surface area (Å²) < 4.78 is 0. The molecule has 1 saturated heterocycles. The molecular formula is C21H32N6S. The van der Waals surface area contributed by atoms with Crippen LogP contribution in [0.15, 0.2) is 23.3 Å². The molecule has 0 atom stereocenters. The number of aliphatic imine (C=N–C) groups is 1. The number of pyridine rings is 1. The Morgan fingerprint density at radius 1 is 1.25 bits per heavy atom. The van der Waals surface area contributed by atoms with Gasteiger partial charge in [0, 0.05) is 49.7 Å². The summed E-state index contributed by atoms with van der Waals surface area (Å²) >= 11 is 1.78. The zero-order valence-electron chi connectivity index (χ0n) is 17.5. The maximum absolute atomic E-state index is 4.79. The Labute approximate surface area is 172 Å². The van der Waals surface area contributed by atoms with Gasteiger partial charge in [-0.05, 0) is 52.2 Å². The molecule has 6 nitrogen and oxygen atoms in total. The Kier molecular flexibility index (Phi) is 7.25. The molecule has 0 radical (unpaired) electrons. The maximum Gasteiger partial charge on any atom is 0.191 e. The first kappa shape index (κ1) is 20.6. The van der Waals surface area contributed by atoms with Gasteiger partial charge in [-0.1, -0.05) is 6.07 Å². The maximum atomic E-state index is 4.79. The first-order valence-corrected chi connectivity index (χ1v) is 11.0. The van der Waals surface area contributed by atoms with E-state index in [4.69, 9.17) is 4.99 Å². The fourth-order valence-corrected chi connectivity index (χ4v) is 4.41. The number of anilines is 1. The van der Waals surface area contributed by atoms with Crippen molar-refractivity contribution in [2.75, 3.05) is 31.1 Å². The van der Waals surface area contributed by atoms with Crippen molar-refractivity contribution in [3.05, 3.63) is 39.5 Å². The van der Waals surface area contributed by atoms with Gasteiger partial charge < -0.3 is 15.5 Å². The standard InChI is InChI=1S/C21H32N6S/c1-5-22-21(23-11-8-19-16(3)25-17(4)28-19)26-18-9-12-27(13-10-18)20-7-6-15(2)14-24-20/h6-7,14,18H,5,8-13H2,1-4H3,(H2,22,23,26). The van der Waals surface area contributed by atoms with E-state index in [2.05, 4.69) is 65.3 Å². The summed E-state index contributed by atoms with van der Waals surface area (Å²) in [6.07, 6.45) is 5.08. The van der Waals surface area contributed by atoms with Crippen LogP contribution >= 0.6 is 11.3 Å². The summed E-state index contributed by atoms with van der Waals surface area (Å²) in [6.45, 7) is 12.0. The molecule has 2 aromatic heterocycles. The van der Waals surface area contributed by atoms with E-state index in [0.717, 1.165) is 67.9 Å². The van der Waals surface area contributed by atoms with E-state index in [1.54, 1.807) is 11.3 Å². The van der Waals surface area contributed by atoms with Crippen LogP contribution in [-0.2, 0) is 6.42 Å². The predicted octanol–water partition coefficient (Wildman–Crippen LogP) is 3.23. The van der Waals surface area contributed by atoms with Crippen molar-refractivity contribution in [1.82, 2.24) is 20.6 Å². The molecular weight excluding hydrogens is 368 g/mol. The first-order valence-electron chi connectivity index (χ1n) is 10.2. The second-order valence-electron chi connectivity index (χ2n) is 7.35. The van der Waals surface area contributed by atoms with Crippen molar-refractivity contribution in [1.29, 1.82) is 0 Å². The molecule has 28 heavy (non-hydrogen) atoms. The number of hydrogen-bond acceptors (Lipinski definition) is 5. The lowest BCUT2D eigenvalue weighted by Gasteiger charge is -2.33. The quantitative estimate of drug-likeness (QED) is 0.576. The molecule has 7 heteroatoms. The molecule has 0 saturated carbocycles. The lowest BCUT2D eigenvalue weighted by molar-refractivity contribution is 0.459. The van der Waals surface area contributed by atoms with Gasteiger partial charge in [-0.25, -0.2) is 9.97 Å². The molecule has 0 aromatic carbocycles. The van der Waals surface area contributed by atoms with E-state index >= 15 is 0 Å². The summed E-state index contributed by atoms with van der Waals surface area (Å²) in [6, 6.07) is 4.71. The Hall–Kier alpha value is -2.15. The molecule has 1 aliphatic rings. The van der Waals surface area contributed by atoms with E-state index in [1.807, 2.05) is 6.20 Å². The van der Waals surface area contributed by atoms with Crippen molar-refractivity contribution in [3.8, 4) is 0 Å². The predicted molar refractivity (Wildman–Crippen MR) is 119 cm³/mol. The van der Waals surface area contributed by atoms with Gasteiger partial charge >= 0.3 is 0 Å². The monoisotopic (exact) mass is 400 g/mol. The highest BCUT2D eigenvalue weighted by molar-refractivity contribution is 7.11. The van der Waals surface area contributed by atoms with Crippen LogP contribution in [0.25, 0.3) is 0 Å². The number of thiazole rings is 1. The summed E-state index contributed by atoms with van der Waals surface area (Å²) in [5.74, 6) is 2.01. The van der Waals surface area contributed by atoms with Gasteiger partial charge in [0.1, 0.15) is 5.82 Å². The van der Waals surface area contributed by atoms with E-state index in [9.17, 15) is 0 Å². The minimum absolute atomic E-state index is 0.451. The number of nitrogens with one attached hydrogen (secondary N) is 2. The van der Waals surface area contributed by atoms with Crippen molar-refractivity contribution in [2.45, 2.75) is 53.0 Å². The second-order valence-corrected chi connectivity index (χ2v) is 8.64. The average Bonchev–Trinajstić information content (AvgIpc) is 3.00. The molecule has 0 unspecified atom stereocenters. The Balaban J connectivity index is 1.50. The third-order valence-corrected chi connectivity index (χ3v) is 6.14. The van der Waals surface area contributed by atoms with Crippen LogP contribution in [0.1, 0.15) is 40.9 Å². The molecule has 0 bridgehead atoms. The van der Waals surface area contributed by atoms with Crippen LogP contribution in [0.2, 0.25) is 0 Å². The van der Waals surface area contributed by atoms with Crippen molar-refractivity contribution in [2.24, 2.45) is 4.99 Å². The number of hydrogen-bond donors (Lipinski definition) is 2. The van der Waals surface area contributed by atoms with Crippen LogP contribution in [0.4, 0.5) is 5.82 Å². The highest BCUT2D eigenvalue weighted by Gasteiger charge is 2.20. The molecule has 1 fully saturated rings. The average molecular weight is 401 g/mol. The lowest BCUT2D eigenvalue weighted by Crippen LogP contribution is -2.49. The zero-order valence-corrected chi connectivity index (χ0v) is 18.3. The van der Waals surface area contributed by atoms with E-state index < -0.39 is 0 Å². The lowest BCUT2D eigenvalue weighted by atomic mass is 10.1. The second kappa shape index (κ2) is 9.87. The van der Waals surface area contributed by atoms with Gasteiger partial charge in [-0.2, -0.15) is 0 Å². The zero-order chi connectivity index (χ0) is 19.9. The van der Waals surface area contributed by atoms with Gasteiger partial charge in [-0.15, -0.1) is 11.3 Å². The third-order valence-electron chi connectivity index (χ3n) is 5.01. The molecule has 0 spiro atoms. The number of piperidine rings is 1. The fourth-order valence-electron chi connectivity index (χ4n) is 3.49. The van der Waals surface area contributed by atoms with Crippen LogP contribution < -0.4 is 15.5 Å². The molecule has 0 aliphatic carbocycles. The molecule has 2 aromatic rings. The Morgan fingerprint density at radius 2 is 2.04 bits per heavy atom. The number of guanidine groups is 1. The first-order chi connectivity index (χ1) is 13.5. The molecule has 152 valence electrons. The Bertz CT molecular complexity index is 775. The molecule has 2 N–H and O–H groups in total. The minimum atomic E-state index is 0.451. The molecule has 1 aliphatic heterocycles. The molecule has 3 rings (SSSR count). The van der Waals surface area contributed by atoms with E-state index in [1.165, 1.54) is 10.4 Å². The van der Waals surface area contributed by atoms with Gasteiger partial charge in [-0.3, -0.25) is 4.99 Å². The van der Waals surface area contributed by atoms with Crippen LogP contribution in [-0.4, -0.2) is 48.1 Å². The SMILES string of the molecule is CCNC(=NCCc1sc(C)nc1C)NC1CCN(c2ccc(C)cn2)CC1. The van der Waals surface area contributed by atoms with Crippen molar-refractivity contribution in [3.63, 3.8) is 0 Å².